The van der Waals surface area contributed by atoms with Crippen molar-refractivity contribution in [3.63, 3.8) is 0 Å². The highest BCUT2D eigenvalue weighted by Crippen LogP contribution is 2.33. The fourth-order valence-electron chi connectivity index (χ4n) is 3.16. The zero-order chi connectivity index (χ0) is 24.0. The average Bonchev–Trinajstić information content (AvgIpc) is 3.32. The second-order valence-electron chi connectivity index (χ2n) is 7.16. The predicted octanol–water partition coefficient (Wildman–Crippen LogP) is 4.84. The summed E-state index contributed by atoms with van der Waals surface area (Å²) in [5.74, 6) is -0.722. The Hall–Kier alpha value is -3.54. The molecule has 0 unspecified atom stereocenters. The first-order valence-corrected chi connectivity index (χ1v) is 9.72. The Morgan fingerprint density at radius 2 is 1.91 bits per heavy atom. The lowest BCUT2D eigenvalue weighted by Gasteiger charge is -2.10. The molecule has 0 fully saturated rings. The Bertz CT molecular complexity index is 1340. The van der Waals surface area contributed by atoms with Crippen LogP contribution in [0.15, 0.2) is 48.8 Å². The molecule has 0 radical (unpaired) electrons. The first-order valence-electron chi connectivity index (χ1n) is 9.35. The van der Waals surface area contributed by atoms with Crippen molar-refractivity contribution in [1.82, 2.24) is 24.4 Å². The molecule has 172 valence electrons. The van der Waals surface area contributed by atoms with E-state index in [1.807, 2.05) is 0 Å². The van der Waals surface area contributed by atoms with Crippen molar-refractivity contribution in [3.8, 4) is 0 Å². The Morgan fingerprint density at radius 1 is 1.15 bits per heavy atom. The van der Waals surface area contributed by atoms with Gasteiger partial charge >= 0.3 is 11.6 Å². The molecule has 7 nitrogen and oxygen atoms in total. The van der Waals surface area contributed by atoms with E-state index in [0.717, 1.165) is 22.7 Å². The minimum absolute atomic E-state index is 0.00992. The fourth-order valence-corrected chi connectivity index (χ4v) is 3.29. The van der Waals surface area contributed by atoms with Crippen molar-refractivity contribution < 1.29 is 26.7 Å². The third-order valence-electron chi connectivity index (χ3n) is 4.57. The van der Waals surface area contributed by atoms with Crippen molar-refractivity contribution in [3.05, 3.63) is 77.0 Å². The van der Waals surface area contributed by atoms with Gasteiger partial charge in [-0.05, 0) is 42.3 Å². The Labute approximate surface area is 187 Å². The highest BCUT2D eigenvalue weighted by atomic mass is 35.5. The number of rotatable bonds is 5. The summed E-state index contributed by atoms with van der Waals surface area (Å²) in [7, 11) is 0. The standard InChI is InChI=1S/C20H14ClF5N6O/c1-11-5-16(19(21,22)23)32-17(28-11)7-15(30-32)18(33)29-14-8-27-31(10-14)9-12-3-2-4-13(6-12)20(24,25)26/h2-8,10H,9H2,1H3,(H,29,33). The molecular weight excluding hydrogens is 471 g/mol. The van der Waals surface area contributed by atoms with Gasteiger partial charge in [-0.15, -0.1) is 0 Å². The quantitative estimate of drug-likeness (QED) is 0.325. The second-order valence-corrected chi connectivity index (χ2v) is 7.63. The predicted molar refractivity (Wildman–Crippen MR) is 108 cm³/mol. The number of hydrogen-bond donors (Lipinski definition) is 1. The van der Waals surface area contributed by atoms with E-state index in [-0.39, 0.29) is 29.3 Å². The van der Waals surface area contributed by atoms with E-state index in [0.29, 0.717) is 5.56 Å². The molecule has 0 spiro atoms. The smallest absolute Gasteiger partial charge is 0.318 e. The van der Waals surface area contributed by atoms with Gasteiger partial charge < -0.3 is 5.32 Å². The lowest BCUT2D eigenvalue weighted by atomic mass is 10.1. The number of carbonyl (C=O) groups excluding carboxylic acids is 1. The first kappa shape index (κ1) is 22.6. The molecule has 1 aromatic carbocycles. The number of aromatic nitrogens is 5. The van der Waals surface area contributed by atoms with E-state index in [4.69, 9.17) is 11.6 Å². The van der Waals surface area contributed by atoms with Crippen LogP contribution in [0.1, 0.15) is 33.0 Å². The zero-order valence-corrected chi connectivity index (χ0v) is 17.5. The minimum atomic E-state index is -4.46. The summed E-state index contributed by atoms with van der Waals surface area (Å²) in [5, 5.41) is 6.67. The molecular formula is C20H14ClF5N6O. The SMILES string of the molecule is Cc1cc(C(F)(F)Cl)n2nc(C(=O)Nc3cnn(Cc4cccc(C(F)(F)F)c4)c3)cc2n1. The molecule has 4 aromatic rings. The molecule has 0 aliphatic carbocycles. The lowest BCUT2D eigenvalue weighted by Crippen LogP contribution is -2.15. The number of halogens is 6. The van der Waals surface area contributed by atoms with Gasteiger partial charge in [-0.2, -0.15) is 32.1 Å². The van der Waals surface area contributed by atoms with Crippen molar-refractivity contribution >= 4 is 28.8 Å². The Morgan fingerprint density at radius 3 is 2.61 bits per heavy atom. The van der Waals surface area contributed by atoms with E-state index in [9.17, 15) is 26.7 Å². The molecule has 0 atom stereocenters. The number of nitrogens with one attached hydrogen (secondary N) is 1. The number of aryl methyl sites for hydroxylation is 1. The maximum atomic E-state index is 13.7. The summed E-state index contributed by atoms with van der Waals surface area (Å²) in [6.07, 6.45) is -1.76. The van der Waals surface area contributed by atoms with Crippen LogP contribution in [0.2, 0.25) is 0 Å². The lowest BCUT2D eigenvalue weighted by molar-refractivity contribution is -0.137. The number of benzene rings is 1. The molecule has 33 heavy (non-hydrogen) atoms. The van der Waals surface area contributed by atoms with Crippen molar-refractivity contribution in [2.24, 2.45) is 0 Å². The number of fused-ring (bicyclic) bond motifs is 1. The molecule has 0 aliphatic heterocycles. The van der Waals surface area contributed by atoms with Gasteiger partial charge in [0, 0.05) is 18.0 Å². The average molecular weight is 485 g/mol. The fraction of sp³-hybridized carbons (Fsp3) is 0.200. The Balaban J connectivity index is 1.52. The van der Waals surface area contributed by atoms with Gasteiger partial charge in [0.25, 0.3) is 5.91 Å². The van der Waals surface area contributed by atoms with Crippen LogP contribution < -0.4 is 5.32 Å². The van der Waals surface area contributed by atoms with Gasteiger partial charge in [0.15, 0.2) is 11.3 Å². The van der Waals surface area contributed by atoms with Gasteiger partial charge in [-0.3, -0.25) is 9.48 Å². The van der Waals surface area contributed by atoms with Crippen LogP contribution in [-0.4, -0.2) is 30.3 Å². The van der Waals surface area contributed by atoms with Gasteiger partial charge in [-0.1, -0.05) is 12.1 Å². The van der Waals surface area contributed by atoms with Gasteiger partial charge in [0.2, 0.25) is 0 Å². The Kier molecular flexibility index (Phi) is 5.56. The maximum Gasteiger partial charge on any atom is 0.416 e. The molecule has 0 saturated carbocycles. The van der Waals surface area contributed by atoms with E-state index in [2.05, 4.69) is 20.5 Å². The van der Waals surface area contributed by atoms with Crippen LogP contribution >= 0.6 is 11.6 Å². The molecule has 1 N–H and O–H groups in total. The number of alkyl halides is 6. The minimum Gasteiger partial charge on any atom is -0.318 e. The third kappa shape index (κ3) is 4.95. The first-order chi connectivity index (χ1) is 15.4. The molecule has 3 heterocycles. The highest BCUT2D eigenvalue weighted by Gasteiger charge is 2.33. The van der Waals surface area contributed by atoms with E-state index >= 15 is 0 Å². The van der Waals surface area contributed by atoms with Crippen molar-refractivity contribution in [2.75, 3.05) is 5.32 Å². The summed E-state index contributed by atoms with van der Waals surface area (Å²) >= 11 is 5.14. The van der Waals surface area contributed by atoms with Gasteiger partial charge in [0.05, 0.1) is 24.0 Å². The van der Waals surface area contributed by atoms with E-state index < -0.39 is 28.7 Å². The molecule has 3 aromatic heterocycles. The summed E-state index contributed by atoms with van der Waals surface area (Å²) in [5.41, 5.74) is -0.742. The summed E-state index contributed by atoms with van der Waals surface area (Å²) in [6.45, 7) is 1.53. The molecule has 0 bridgehead atoms. The monoisotopic (exact) mass is 484 g/mol. The normalized spacial score (nSPS) is 12.3. The zero-order valence-electron chi connectivity index (χ0n) is 16.7. The molecule has 4 rings (SSSR count). The van der Waals surface area contributed by atoms with Crippen LogP contribution in [-0.2, 0) is 18.1 Å². The van der Waals surface area contributed by atoms with Crippen LogP contribution in [0, 0.1) is 6.92 Å². The molecule has 1 amide bonds. The number of anilines is 1. The molecule has 13 heteroatoms. The number of nitrogens with zero attached hydrogens (tertiary/aromatic N) is 5. The van der Waals surface area contributed by atoms with E-state index in [1.54, 1.807) is 0 Å². The van der Waals surface area contributed by atoms with Crippen molar-refractivity contribution in [2.45, 2.75) is 25.0 Å². The summed E-state index contributed by atoms with van der Waals surface area (Å²) in [6, 6.07) is 7.08. The summed E-state index contributed by atoms with van der Waals surface area (Å²) < 4.78 is 68.1. The van der Waals surface area contributed by atoms with Crippen molar-refractivity contribution in [1.29, 1.82) is 0 Å². The topological polar surface area (TPSA) is 77.1 Å². The van der Waals surface area contributed by atoms with Crippen LogP contribution in [0.3, 0.4) is 0 Å². The van der Waals surface area contributed by atoms with E-state index in [1.165, 1.54) is 42.2 Å². The number of carbonyl (C=O) groups is 1. The third-order valence-corrected chi connectivity index (χ3v) is 4.76. The second kappa shape index (κ2) is 8.10. The number of amides is 1. The molecule has 0 saturated heterocycles. The van der Waals surface area contributed by atoms with Crippen LogP contribution in [0.25, 0.3) is 5.65 Å². The maximum absolute atomic E-state index is 13.7. The van der Waals surface area contributed by atoms with Gasteiger partial charge in [-0.25, -0.2) is 9.50 Å². The molecule has 0 aliphatic rings. The largest absolute Gasteiger partial charge is 0.416 e. The number of hydrogen-bond acceptors (Lipinski definition) is 4. The van der Waals surface area contributed by atoms with Crippen LogP contribution in [0.4, 0.5) is 27.6 Å². The highest BCUT2D eigenvalue weighted by molar-refractivity contribution is 6.21. The summed E-state index contributed by atoms with van der Waals surface area (Å²) in [4.78, 5) is 16.6. The van der Waals surface area contributed by atoms with Gasteiger partial charge in [0.1, 0.15) is 5.69 Å². The van der Waals surface area contributed by atoms with Crippen LogP contribution in [0.5, 0.6) is 0 Å².